The van der Waals surface area contributed by atoms with Crippen LogP contribution in [0, 0.1) is 19.3 Å². The van der Waals surface area contributed by atoms with Crippen molar-refractivity contribution in [3.63, 3.8) is 0 Å². The van der Waals surface area contributed by atoms with Crippen molar-refractivity contribution in [3.05, 3.63) is 17.0 Å². The quantitative estimate of drug-likeness (QED) is 0.686. The van der Waals surface area contributed by atoms with Crippen molar-refractivity contribution in [1.29, 1.82) is 0 Å². The van der Waals surface area contributed by atoms with E-state index < -0.39 is 0 Å². The molecular weight excluding hydrogens is 276 g/mol. The lowest BCUT2D eigenvalue weighted by Crippen LogP contribution is -2.42. The SMILES string of the molecule is CCNC(=NCCc1c(C)noc1C)N1CCC2(CCC2)C1. The minimum Gasteiger partial charge on any atom is -0.361 e. The Morgan fingerprint density at radius 1 is 1.36 bits per heavy atom. The lowest BCUT2D eigenvalue weighted by Gasteiger charge is -2.38. The van der Waals surface area contributed by atoms with E-state index in [0.29, 0.717) is 5.41 Å². The Balaban J connectivity index is 1.61. The first-order valence-electron chi connectivity index (χ1n) is 8.58. The van der Waals surface area contributed by atoms with Gasteiger partial charge in [0.05, 0.1) is 5.69 Å². The molecule has 22 heavy (non-hydrogen) atoms. The molecule has 0 atom stereocenters. The fraction of sp³-hybridized carbons (Fsp3) is 0.765. The van der Waals surface area contributed by atoms with Crippen LogP contribution in [0.5, 0.6) is 0 Å². The number of aryl methyl sites for hydroxylation is 2. The number of hydrogen-bond donors (Lipinski definition) is 1. The monoisotopic (exact) mass is 304 g/mol. The summed E-state index contributed by atoms with van der Waals surface area (Å²) in [5.74, 6) is 2.00. The molecule has 0 aromatic carbocycles. The molecule has 122 valence electrons. The third kappa shape index (κ3) is 2.99. The van der Waals surface area contributed by atoms with Gasteiger partial charge in [-0.05, 0) is 51.9 Å². The van der Waals surface area contributed by atoms with Gasteiger partial charge in [-0.1, -0.05) is 11.6 Å². The summed E-state index contributed by atoms with van der Waals surface area (Å²) in [4.78, 5) is 7.29. The maximum Gasteiger partial charge on any atom is 0.193 e. The predicted octanol–water partition coefficient (Wildman–Crippen LogP) is 2.68. The van der Waals surface area contributed by atoms with Crippen LogP contribution in [0.25, 0.3) is 0 Å². The fourth-order valence-corrected chi connectivity index (χ4v) is 3.76. The first-order chi connectivity index (χ1) is 10.6. The van der Waals surface area contributed by atoms with Crippen LogP contribution < -0.4 is 5.32 Å². The molecule has 1 spiro atoms. The van der Waals surface area contributed by atoms with Gasteiger partial charge in [0, 0.05) is 31.7 Å². The number of nitrogens with one attached hydrogen (secondary N) is 1. The van der Waals surface area contributed by atoms with Crippen LogP contribution in [0.1, 0.15) is 49.6 Å². The van der Waals surface area contributed by atoms with Crippen LogP contribution in [0.3, 0.4) is 0 Å². The minimum atomic E-state index is 0.609. The van der Waals surface area contributed by atoms with Gasteiger partial charge in [-0.3, -0.25) is 4.99 Å². The predicted molar refractivity (Wildman–Crippen MR) is 88.1 cm³/mol. The Bertz CT molecular complexity index is 525. The molecule has 1 aliphatic heterocycles. The molecule has 0 unspecified atom stereocenters. The maximum atomic E-state index is 5.23. The van der Waals surface area contributed by atoms with E-state index in [1.807, 2.05) is 13.8 Å². The second-order valence-electron chi connectivity index (χ2n) is 6.81. The van der Waals surface area contributed by atoms with E-state index >= 15 is 0 Å². The summed E-state index contributed by atoms with van der Waals surface area (Å²) in [6.45, 7) is 10.2. The Hall–Kier alpha value is -1.52. The first kappa shape index (κ1) is 15.4. The molecule has 1 aromatic heterocycles. The van der Waals surface area contributed by atoms with Gasteiger partial charge in [-0.25, -0.2) is 0 Å². The smallest absolute Gasteiger partial charge is 0.193 e. The number of guanidine groups is 1. The average Bonchev–Trinajstić information content (AvgIpc) is 3.04. The molecule has 5 heteroatoms. The highest BCUT2D eigenvalue weighted by atomic mass is 16.5. The second-order valence-corrected chi connectivity index (χ2v) is 6.81. The molecule has 2 heterocycles. The number of nitrogens with zero attached hydrogens (tertiary/aromatic N) is 3. The van der Waals surface area contributed by atoms with E-state index in [1.165, 1.54) is 37.8 Å². The van der Waals surface area contributed by atoms with E-state index in [1.54, 1.807) is 0 Å². The summed E-state index contributed by atoms with van der Waals surface area (Å²) < 4.78 is 5.23. The molecule has 1 N–H and O–H groups in total. The molecule has 2 aliphatic rings. The van der Waals surface area contributed by atoms with E-state index in [4.69, 9.17) is 9.52 Å². The summed E-state index contributed by atoms with van der Waals surface area (Å²) in [6, 6.07) is 0. The second kappa shape index (κ2) is 6.31. The first-order valence-corrected chi connectivity index (χ1v) is 8.58. The summed E-state index contributed by atoms with van der Waals surface area (Å²) in [6.07, 6.45) is 6.45. The van der Waals surface area contributed by atoms with Gasteiger partial charge in [-0.15, -0.1) is 0 Å². The molecule has 1 aromatic rings. The Morgan fingerprint density at radius 2 is 2.18 bits per heavy atom. The van der Waals surface area contributed by atoms with Gasteiger partial charge in [0.15, 0.2) is 5.96 Å². The average molecular weight is 304 g/mol. The van der Waals surface area contributed by atoms with Gasteiger partial charge in [0.2, 0.25) is 0 Å². The lowest BCUT2D eigenvalue weighted by molar-refractivity contribution is 0.151. The zero-order valence-electron chi connectivity index (χ0n) is 14.1. The van der Waals surface area contributed by atoms with Crippen molar-refractivity contribution >= 4 is 5.96 Å². The van der Waals surface area contributed by atoms with Crippen LogP contribution in [0.15, 0.2) is 9.52 Å². The van der Waals surface area contributed by atoms with Crippen LogP contribution in [0.4, 0.5) is 0 Å². The molecule has 0 radical (unpaired) electrons. The lowest BCUT2D eigenvalue weighted by atomic mass is 9.68. The van der Waals surface area contributed by atoms with Gasteiger partial charge < -0.3 is 14.7 Å². The van der Waals surface area contributed by atoms with Gasteiger partial charge in [0.25, 0.3) is 0 Å². The van der Waals surface area contributed by atoms with E-state index in [9.17, 15) is 0 Å². The highest BCUT2D eigenvalue weighted by Gasteiger charge is 2.43. The van der Waals surface area contributed by atoms with E-state index in [0.717, 1.165) is 43.5 Å². The third-order valence-electron chi connectivity index (χ3n) is 5.29. The van der Waals surface area contributed by atoms with Crippen LogP contribution in [-0.4, -0.2) is 42.2 Å². The van der Waals surface area contributed by atoms with Crippen LogP contribution in [-0.2, 0) is 6.42 Å². The van der Waals surface area contributed by atoms with Gasteiger partial charge >= 0.3 is 0 Å². The van der Waals surface area contributed by atoms with Crippen molar-refractivity contribution in [1.82, 2.24) is 15.4 Å². The molecule has 2 fully saturated rings. The standard InChI is InChI=1S/C17H28N4O/c1-4-18-16(21-11-9-17(12-21)7-5-8-17)19-10-6-15-13(2)20-22-14(15)3/h4-12H2,1-3H3,(H,18,19). The number of rotatable bonds is 4. The molecule has 0 amide bonds. The fourth-order valence-electron chi connectivity index (χ4n) is 3.76. The molecule has 1 saturated carbocycles. The largest absolute Gasteiger partial charge is 0.361 e. The molecule has 1 aliphatic carbocycles. The number of likely N-dealkylation sites (tertiary alicyclic amines) is 1. The van der Waals surface area contributed by atoms with E-state index in [-0.39, 0.29) is 0 Å². The van der Waals surface area contributed by atoms with Crippen molar-refractivity contribution < 1.29 is 4.52 Å². The summed E-state index contributed by atoms with van der Waals surface area (Å²) in [5, 5.41) is 7.47. The molecule has 1 saturated heterocycles. The highest BCUT2D eigenvalue weighted by Crippen LogP contribution is 2.47. The molecular formula is C17H28N4O. The molecule has 5 nitrogen and oxygen atoms in total. The topological polar surface area (TPSA) is 53.7 Å². The normalized spacial score (nSPS) is 20.5. The third-order valence-corrected chi connectivity index (χ3v) is 5.29. The van der Waals surface area contributed by atoms with Gasteiger partial charge in [0.1, 0.15) is 5.76 Å². The summed E-state index contributed by atoms with van der Waals surface area (Å²) >= 11 is 0. The Morgan fingerprint density at radius 3 is 2.73 bits per heavy atom. The summed E-state index contributed by atoms with van der Waals surface area (Å²) in [7, 11) is 0. The zero-order chi connectivity index (χ0) is 15.6. The Labute approximate surface area is 133 Å². The number of aromatic nitrogens is 1. The van der Waals surface area contributed by atoms with Crippen molar-refractivity contribution in [2.45, 2.75) is 52.9 Å². The van der Waals surface area contributed by atoms with Crippen LogP contribution >= 0.6 is 0 Å². The van der Waals surface area contributed by atoms with Gasteiger partial charge in [-0.2, -0.15) is 0 Å². The zero-order valence-corrected chi connectivity index (χ0v) is 14.1. The Kier molecular flexibility index (Phi) is 4.41. The van der Waals surface area contributed by atoms with Crippen molar-refractivity contribution in [2.24, 2.45) is 10.4 Å². The number of aliphatic imine (C=N–C) groups is 1. The molecule has 3 rings (SSSR count). The van der Waals surface area contributed by atoms with Crippen LogP contribution in [0.2, 0.25) is 0 Å². The molecule has 0 bridgehead atoms. The number of hydrogen-bond acceptors (Lipinski definition) is 3. The summed E-state index contributed by atoms with van der Waals surface area (Å²) in [5.41, 5.74) is 2.81. The maximum absolute atomic E-state index is 5.23. The van der Waals surface area contributed by atoms with E-state index in [2.05, 4.69) is 22.3 Å². The minimum absolute atomic E-state index is 0.609. The van der Waals surface area contributed by atoms with Crippen molar-refractivity contribution in [2.75, 3.05) is 26.2 Å². The van der Waals surface area contributed by atoms with Crippen molar-refractivity contribution in [3.8, 4) is 0 Å². The highest BCUT2D eigenvalue weighted by molar-refractivity contribution is 5.80.